The molecule has 0 unspecified atom stereocenters. The number of benzene rings is 3. The Morgan fingerprint density at radius 2 is 1.64 bits per heavy atom. The molecule has 106 valence electrons. The van der Waals surface area contributed by atoms with Crippen molar-refractivity contribution < 1.29 is 0 Å². The average Bonchev–Trinajstić information content (AvgIpc) is 2.93. The number of hydrogen-bond acceptors (Lipinski definition) is 0. The Hall–Kier alpha value is -2.60. The van der Waals surface area contributed by atoms with Crippen LogP contribution in [0.15, 0.2) is 67.2 Å². The Labute approximate surface area is 131 Å². The Morgan fingerprint density at radius 3 is 2.41 bits per heavy atom. The zero-order valence-corrected chi connectivity index (χ0v) is 12.8. The molecule has 0 aliphatic heterocycles. The van der Waals surface area contributed by atoms with E-state index in [4.69, 9.17) is 0 Å². The third-order valence-corrected chi connectivity index (χ3v) is 4.62. The minimum absolute atomic E-state index is 1.01. The first-order chi connectivity index (χ1) is 10.8. The lowest BCUT2D eigenvalue weighted by Gasteiger charge is -2.15. The molecule has 3 aromatic carbocycles. The van der Waals surface area contributed by atoms with Gasteiger partial charge in [-0.3, -0.25) is 0 Å². The lowest BCUT2D eigenvalue weighted by atomic mass is 9.88. The molecular formula is C22H18. The molecular weight excluding hydrogens is 264 g/mol. The summed E-state index contributed by atoms with van der Waals surface area (Å²) in [5, 5.41) is 0. The van der Waals surface area contributed by atoms with E-state index >= 15 is 0 Å². The summed E-state index contributed by atoms with van der Waals surface area (Å²) < 4.78 is 0. The summed E-state index contributed by atoms with van der Waals surface area (Å²) in [6.45, 7) is 6.30. The number of fused-ring (bicyclic) bond motifs is 3. The predicted molar refractivity (Wildman–Crippen MR) is 94.9 cm³/mol. The van der Waals surface area contributed by atoms with Gasteiger partial charge in [0.1, 0.15) is 0 Å². The molecule has 3 aromatic rings. The van der Waals surface area contributed by atoms with E-state index in [0.29, 0.717) is 0 Å². The van der Waals surface area contributed by atoms with E-state index < -0.39 is 0 Å². The van der Waals surface area contributed by atoms with Crippen molar-refractivity contribution >= 4 is 6.08 Å². The van der Waals surface area contributed by atoms with Crippen molar-refractivity contribution in [2.24, 2.45) is 0 Å². The molecule has 0 heterocycles. The highest BCUT2D eigenvalue weighted by atomic mass is 14.3. The average molecular weight is 282 g/mol. The highest BCUT2D eigenvalue weighted by Gasteiger charge is 2.23. The Bertz CT molecular complexity index is 870. The Kier molecular flexibility index (Phi) is 2.97. The summed E-state index contributed by atoms with van der Waals surface area (Å²) in [4.78, 5) is 0. The largest absolute Gasteiger partial charge is 0.0984 e. The van der Waals surface area contributed by atoms with Crippen molar-refractivity contribution in [2.45, 2.75) is 13.3 Å². The van der Waals surface area contributed by atoms with Gasteiger partial charge in [0.25, 0.3) is 0 Å². The van der Waals surface area contributed by atoms with Crippen molar-refractivity contribution in [3.8, 4) is 22.3 Å². The summed E-state index contributed by atoms with van der Waals surface area (Å²) in [7, 11) is 0. The molecule has 0 saturated heterocycles. The van der Waals surface area contributed by atoms with Crippen LogP contribution in [-0.2, 0) is 6.42 Å². The van der Waals surface area contributed by atoms with Gasteiger partial charge in [0.05, 0.1) is 0 Å². The van der Waals surface area contributed by atoms with Crippen molar-refractivity contribution in [1.29, 1.82) is 0 Å². The summed E-state index contributed by atoms with van der Waals surface area (Å²) in [5.41, 5.74) is 10.8. The van der Waals surface area contributed by atoms with Crippen molar-refractivity contribution in [1.82, 2.24) is 0 Å². The monoisotopic (exact) mass is 282 g/mol. The van der Waals surface area contributed by atoms with Crippen LogP contribution in [0.2, 0.25) is 0 Å². The van der Waals surface area contributed by atoms with E-state index in [1.807, 2.05) is 6.08 Å². The van der Waals surface area contributed by atoms with Gasteiger partial charge < -0.3 is 0 Å². The van der Waals surface area contributed by atoms with Crippen LogP contribution in [0.3, 0.4) is 0 Å². The van der Waals surface area contributed by atoms with E-state index in [2.05, 4.69) is 74.2 Å². The number of rotatable bonds is 2. The highest BCUT2D eigenvalue weighted by molar-refractivity contribution is 5.89. The van der Waals surface area contributed by atoms with Gasteiger partial charge in [0.15, 0.2) is 0 Å². The summed E-state index contributed by atoms with van der Waals surface area (Å²) >= 11 is 0. The SMILES string of the molecule is C=Cc1c2c(cc(C)c1-c1ccccc1)-c1ccccc1C2. The molecule has 0 atom stereocenters. The number of hydrogen-bond donors (Lipinski definition) is 0. The molecule has 0 N–H and O–H groups in total. The quantitative estimate of drug-likeness (QED) is 0.431. The van der Waals surface area contributed by atoms with E-state index in [0.717, 1.165) is 6.42 Å². The zero-order chi connectivity index (χ0) is 15.1. The van der Waals surface area contributed by atoms with Gasteiger partial charge in [0, 0.05) is 0 Å². The van der Waals surface area contributed by atoms with Crippen molar-refractivity contribution in [3.63, 3.8) is 0 Å². The lowest BCUT2D eigenvalue weighted by molar-refractivity contribution is 1.25. The molecule has 0 aromatic heterocycles. The van der Waals surface area contributed by atoms with Gasteiger partial charge in [-0.15, -0.1) is 0 Å². The second-order valence-corrected chi connectivity index (χ2v) is 5.91. The maximum Gasteiger partial charge on any atom is -0.000728 e. The molecule has 0 fully saturated rings. The molecule has 0 radical (unpaired) electrons. The molecule has 22 heavy (non-hydrogen) atoms. The molecule has 0 nitrogen and oxygen atoms in total. The van der Waals surface area contributed by atoms with Gasteiger partial charge >= 0.3 is 0 Å². The fraction of sp³-hybridized carbons (Fsp3) is 0.0909. The van der Waals surface area contributed by atoms with Gasteiger partial charge in [0.2, 0.25) is 0 Å². The van der Waals surface area contributed by atoms with Crippen LogP contribution in [0.5, 0.6) is 0 Å². The fourth-order valence-corrected chi connectivity index (χ4v) is 3.66. The normalized spacial score (nSPS) is 11.9. The van der Waals surface area contributed by atoms with Crippen molar-refractivity contribution in [3.05, 3.63) is 89.5 Å². The van der Waals surface area contributed by atoms with E-state index in [1.165, 1.54) is 44.5 Å². The van der Waals surface area contributed by atoms with Crippen LogP contribution >= 0.6 is 0 Å². The summed E-state index contributed by atoms with van der Waals surface area (Å²) in [6.07, 6.45) is 3.03. The van der Waals surface area contributed by atoms with Crippen LogP contribution in [0, 0.1) is 6.92 Å². The smallest absolute Gasteiger partial charge is 0.000728 e. The van der Waals surface area contributed by atoms with E-state index in [1.54, 1.807) is 0 Å². The highest BCUT2D eigenvalue weighted by Crippen LogP contribution is 2.43. The van der Waals surface area contributed by atoms with Gasteiger partial charge in [-0.05, 0) is 57.9 Å². The van der Waals surface area contributed by atoms with Gasteiger partial charge in [-0.2, -0.15) is 0 Å². The molecule has 0 saturated carbocycles. The van der Waals surface area contributed by atoms with Crippen molar-refractivity contribution in [2.75, 3.05) is 0 Å². The lowest BCUT2D eigenvalue weighted by Crippen LogP contribution is -1.95. The molecule has 4 rings (SSSR count). The molecule has 0 amide bonds. The molecule has 1 aliphatic rings. The maximum absolute atomic E-state index is 4.10. The first kappa shape index (κ1) is 13.1. The van der Waals surface area contributed by atoms with E-state index in [-0.39, 0.29) is 0 Å². The predicted octanol–water partition coefficient (Wildman–Crippen LogP) is 5.88. The van der Waals surface area contributed by atoms with Crippen LogP contribution in [0.4, 0.5) is 0 Å². The van der Waals surface area contributed by atoms with E-state index in [9.17, 15) is 0 Å². The molecule has 1 aliphatic carbocycles. The first-order valence-corrected chi connectivity index (χ1v) is 7.72. The number of aryl methyl sites for hydroxylation is 1. The maximum atomic E-state index is 4.10. The topological polar surface area (TPSA) is 0 Å². The van der Waals surface area contributed by atoms with Gasteiger partial charge in [-0.1, -0.05) is 73.3 Å². The summed E-state index contributed by atoms with van der Waals surface area (Å²) in [6, 6.07) is 21.7. The second kappa shape index (κ2) is 4.99. The second-order valence-electron chi connectivity index (χ2n) is 5.91. The minimum atomic E-state index is 1.01. The Morgan fingerprint density at radius 1 is 0.909 bits per heavy atom. The minimum Gasteiger partial charge on any atom is -0.0984 e. The molecule has 0 spiro atoms. The Balaban J connectivity index is 2.02. The van der Waals surface area contributed by atoms with Crippen LogP contribution < -0.4 is 0 Å². The summed E-state index contributed by atoms with van der Waals surface area (Å²) in [5.74, 6) is 0. The first-order valence-electron chi connectivity index (χ1n) is 7.72. The van der Waals surface area contributed by atoms with Crippen LogP contribution in [0.1, 0.15) is 22.3 Å². The third kappa shape index (κ3) is 1.84. The van der Waals surface area contributed by atoms with Crippen LogP contribution in [0.25, 0.3) is 28.3 Å². The fourth-order valence-electron chi connectivity index (χ4n) is 3.66. The van der Waals surface area contributed by atoms with Crippen LogP contribution in [-0.4, -0.2) is 0 Å². The third-order valence-electron chi connectivity index (χ3n) is 4.62. The molecule has 0 bridgehead atoms. The zero-order valence-electron chi connectivity index (χ0n) is 12.8. The molecule has 0 heteroatoms. The standard InChI is InChI=1S/C22H18/c1-3-18-21-14-17-11-7-8-12-19(17)20(21)13-15(2)22(18)16-9-5-4-6-10-16/h3-13H,1,14H2,2H3. The van der Waals surface area contributed by atoms with Gasteiger partial charge in [-0.25, -0.2) is 0 Å².